The van der Waals surface area contributed by atoms with Crippen molar-refractivity contribution in [1.29, 1.82) is 0 Å². The van der Waals surface area contributed by atoms with Crippen LogP contribution in [0.25, 0.3) is 0 Å². The van der Waals surface area contributed by atoms with Crippen molar-refractivity contribution in [2.75, 3.05) is 13.7 Å². The van der Waals surface area contributed by atoms with Crippen LogP contribution in [0.15, 0.2) is 12.7 Å². The summed E-state index contributed by atoms with van der Waals surface area (Å²) in [5.41, 5.74) is -1.09. The Morgan fingerprint density at radius 1 is 1.17 bits per heavy atom. The van der Waals surface area contributed by atoms with Gasteiger partial charge in [-0.1, -0.05) is 68.6 Å². The third kappa shape index (κ3) is 9.85. The molecule has 0 aromatic rings. The highest BCUT2D eigenvalue weighted by molar-refractivity contribution is 6.67. The molecule has 10 heteroatoms. The smallest absolute Gasteiger partial charge is 0.430 e. The van der Waals surface area contributed by atoms with Gasteiger partial charge in [0, 0.05) is 13.5 Å². The Hall–Kier alpha value is -0.570. The van der Waals surface area contributed by atoms with Gasteiger partial charge >= 0.3 is 6.16 Å². The lowest BCUT2D eigenvalue weighted by Crippen LogP contribution is -2.47. The number of ketones is 1. The molecule has 0 aromatic heterocycles. The van der Waals surface area contributed by atoms with Crippen molar-refractivity contribution in [3.05, 3.63) is 12.7 Å². The quantitative estimate of drug-likeness (QED) is 0.189. The fourth-order valence-electron chi connectivity index (χ4n) is 3.17. The Kier molecular flexibility index (Phi) is 12.1. The van der Waals surface area contributed by atoms with Crippen molar-refractivity contribution in [1.82, 2.24) is 0 Å². The summed E-state index contributed by atoms with van der Waals surface area (Å²) in [7, 11) is 1.38. The van der Waals surface area contributed by atoms with Crippen molar-refractivity contribution in [2.45, 2.75) is 62.8 Å². The van der Waals surface area contributed by atoms with E-state index < -0.39 is 46.4 Å². The van der Waals surface area contributed by atoms with Gasteiger partial charge in [0.1, 0.15) is 18.5 Å². The highest BCUT2D eigenvalue weighted by atomic mass is 35.6. The number of allylic oxidation sites excluding steroid dienone is 1. The Labute approximate surface area is 187 Å². The van der Waals surface area contributed by atoms with Crippen molar-refractivity contribution in [2.24, 2.45) is 17.3 Å². The molecule has 0 aliphatic carbocycles. The molecule has 0 radical (unpaired) electrons. The number of ether oxygens (including phenoxy) is 3. The standard InChI is InChI=1S/C19H31Cl3O7/c1-7-8-11(2)15(29-17(26)28-10-19(20,21)22)12(3)16(25)18(4,5)13(27-6)9-14(23)24/h7,11-15,23-24H,1,8-10H2,2-6H3/t11-,12+,13-,15-/m0/s1. The van der Waals surface area contributed by atoms with E-state index >= 15 is 0 Å². The van der Waals surface area contributed by atoms with Crippen molar-refractivity contribution < 1.29 is 34.0 Å². The van der Waals surface area contributed by atoms with Crippen LogP contribution in [0.2, 0.25) is 0 Å². The molecule has 29 heavy (non-hydrogen) atoms. The van der Waals surface area contributed by atoms with Gasteiger partial charge in [-0.25, -0.2) is 4.79 Å². The number of hydrogen-bond donors (Lipinski definition) is 2. The van der Waals surface area contributed by atoms with Gasteiger partial charge in [0.25, 0.3) is 0 Å². The molecule has 0 unspecified atom stereocenters. The summed E-state index contributed by atoms with van der Waals surface area (Å²) in [6.45, 7) is 9.87. The SMILES string of the molecule is C=CC[C@H](C)[C@H](OC(=O)OCC(Cl)(Cl)Cl)[C@@H](C)C(=O)C(C)(C)[C@H](CC(O)O)OC. The van der Waals surface area contributed by atoms with Crippen LogP contribution in [-0.4, -0.2) is 58.2 Å². The maximum atomic E-state index is 13.2. The van der Waals surface area contributed by atoms with Gasteiger partial charge in [-0.15, -0.1) is 6.58 Å². The second-order valence-electron chi connectivity index (χ2n) is 7.55. The second kappa shape index (κ2) is 12.3. The topological polar surface area (TPSA) is 102 Å². The molecular weight excluding hydrogens is 447 g/mol. The lowest BCUT2D eigenvalue weighted by atomic mass is 9.73. The summed E-state index contributed by atoms with van der Waals surface area (Å²) in [5.74, 6) is -1.29. The van der Waals surface area contributed by atoms with Crippen LogP contribution >= 0.6 is 34.8 Å². The first-order chi connectivity index (χ1) is 13.2. The predicted octanol–water partition coefficient (Wildman–Crippen LogP) is 4.04. The van der Waals surface area contributed by atoms with Crippen LogP contribution in [0.4, 0.5) is 4.79 Å². The monoisotopic (exact) mass is 476 g/mol. The van der Waals surface area contributed by atoms with E-state index in [0.29, 0.717) is 6.42 Å². The van der Waals surface area contributed by atoms with Crippen LogP contribution in [0.3, 0.4) is 0 Å². The fraction of sp³-hybridized carbons (Fsp3) is 0.789. The molecule has 0 saturated carbocycles. The molecule has 0 rings (SSSR count). The Balaban J connectivity index is 5.51. The van der Waals surface area contributed by atoms with E-state index in [1.54, 1.807) is 33.8 Å². The summed E-state index contributed by atoms with van der Waals surface area (Å²) in [5, 5.41) is 18.6. The van der Waals surface area contributed by atoms with E-state index in [9.17, 15) is 19.8 Å². The van der Waals surface area contributed by atoms with E-state index in [4.69, 9.17) is 49.0 Å². The lowest BCUT2D eigenvalue weighted by molar-refractivity contribution is -0.150. The zero-order valence-corrected chi connectivity index (χ0v) is 19.6. The number of alkyl halides is 3. The summed E-state index contributed by atoms with van der Waals surface area (Å²) < 4.78 is 13.7. The Morgan fingerprint density at radius 2 is 1.72 bits per heavy atom. The molecule has 7 nitrogen and oxygen atoms in total. The van der Waals surface area contributed by atoms with Crippen LogP contribution in [-0.2, 0) is 19.0 Å². The van der Waals surface area contributed by atoms with Gasteiger partial charge in [0.05, 0.1) is 17.4 Å². The van der Waals surface area contributed by atoms with Crippen molar-refractivity contribution >= 4 is 46.7 Å². The fourth-order valence-corrected chi connectivity index (χ4v) is 3.33. The van der Waals surface area contributed by atoms with Gasteiger partial charge in [-0.05, 0) is 12.3 Å². The molecule has 0 spiro atoms. The molecule has 0 heterocycles. The van der Waals surface area contributed by atoms with E-state index in [-0.39, 0.29) is 18.1 Å². The number of aliphatic hydroxyl groups is 2. The summed E-state index contributed by atoms with van der Waals surface area (Å²) in [4.78, 5) is 25.3. The van der Waals surface area contributed by atoms with Gasteiger partial charge in [0.15, 0.2) is 6.29 Å². The summed E-state index contributed by atoms with van der Waals surface area (Å²) in [6, 6.07) is 0. The average molecular weight is 478 g/mol. The number of halogens is 3. The van der Waals surface area contributed by atoms with Gasteiger partial charge < -0.3 is 24.4 Å². The first-order valence-corrected chi connectivity index (χ1v) is 10.2. The molecular formula is C19H31Cl3O7. The lowest BCUT2D eigenvalue weighted by Gasteiger charge is -2.37. The molecule has 0 fully saturated rings. The first kappa shape index (κ1) is 28.4. The van der Waals surface area contributed by atoms with Gasteiger partial charge in [-0.3, -0.25) is 4.79 Å². The number of carbonyl (C=O) groups excluding carboxylic acids is 2. The Morgan fingerprint density at radius 3 is 2.14 bits per heavy atom. The minimum absolute atomic E-state index is 0.152. The van der Waals surface area contributed by atoms with E-state index in [0.717, 1.165) is 0 Å². The number of Topliss-reactive ketones (excluding diaryl/α,β-unsaturated/α-hetero) is 1. The van der Waals surface area contributed by atoms with Crippen molar-refractivity contribution in [3.63, 3.8) is 0 Å². The first-order valence-electron chi connectivity index (χ1n) is 9.11. The van der Waals surface area contributed by atoms with Crippen LogP contribution < -0.4 is 0 Å². The third-order valence-corrected chi connectivity index (χ3v) is 5.07. The van der Waals surface area contributed by atoms with E-state index in [1.165, 1.54) is 7.11 Å². The third-order valence-electron chi connectivity index (χ3n) is 4.74. The Bertz CT molecular complexity index is 546. The molecule has 0 saturated heterocycles. The molecule has 0 bridgehead atoms. The minimum Gasteiger partial charge on any atom is -0.430 e. The molecule has 4 atom stereocenters. The number of hydrogen-bond acceptors (Lipinski definition) is 7. The number of methoxy groups -OCH3 is 1. The molecule has 0 aliphatic rings. The molecule has 0 aliphatic heterocycles. The normalized spacial score (nSPS) is 16.7. The second-order valence-corrected chi connectivity index (χ2v) is 10.1. The highest BCUT2D eigenvalue weighted by Crippen LogP contribution is 2.34. The van der Waals surface area contributed by atoms with Gasteiger partial charge in [0.2, 0.25) is 3.79 Å². The largest absolute Gasteiger partial charge is 0.508 e. The highest BCUT2D eigenvalue weighted by Gasteiger charge is 2.44. The number of aliphatic hydroxyl groups excluding tert-OH is 1. The van der Waals surface area contributed by atoms with Crippen molar-refractivity contribution in [3.8, 4) is 0 Å². The molecule has 170 valence electrons. The van der Waals surface area contributed by atoms with E-state index in [2.05, 4.69) is 6.58 Å². The summed E-state index contributed by atoms with van der Waals surface area (Å²) in [6.07, 6.45) is -2.33. The zero-order valence-electron chi connectivity index (χ0n) is 17.4. The van der Waals surface area contributed by atoms with E-state index in [1.807, 2.05) is 0 Å². The zero-order chi connectivity index (χ0) is 23.0. The predicted molar refractivity (Wildman–Crippen MR) is 112 cm³/mol. The minimum atomic E-state index is -1.79. The number of rotatable bonds is 12. The maximum absolute atomic E-state index is 13.2. The van der Waals surface area contributed by atoms with Gasteiger partial charge in [-0.2, -0.15) is 0 Å². The van der Waals surface area contributed by atoms with Crippen LogP contribution in [0, 0.1) is 17.3 Å². The van der Waals surface area contributed by atoms with Crippen LogP contribution in [0.1, 0.15) is 40.5 Å². The number of carbonyl (C=O) groups is 2. The summed E-state index contributed by atoms with van der Waals surface area (Å²) >= 11 is 16.7. The molecule has 0 amide bonds. The molecule has 2 N–H and O–H groups in total. The van der Waals surface area contributed by atoms with Crippen LogP contribution in [0.5, 0.6) is 0 Å². The maximum Gasteiger partial charge on any atom is 0.508 e. The average Bonchev–Trinajstić information content (AvgIpc) is 2.60. The molecule has 0 aromatic carbocycles.